The molecule has 0 bridgehead atoms. The Kier molecular flexibility index (Phi) is 7.52. The number of rotatable bonds is 9. The second-order valence-electron chi connectivity index (χ2n) is 7.46. The fourth-order valence-corrected chi connectivity index (χ4v) is 5.42. The zero-order valence-electron chi connectivity index (χ0n) is 18.8. The number of amides is 1. The molecule has 0 spiro atoms. The number of hydrogen-bond donors (Lipinski definition) is 2. The van der Waals surface area contributed by atoms with Crippen LogP contribution in [-0.2, 0) is 24.8 Å². The highest BCUT2D eigenvalue weighted by Gasteiger charge is 2.31. The lowest BCUT2D eigenvalue weighted by Crippen LogP contribution is -2.46. The topological polar surface area (TPSA) is 138 Å². The van der Waals surface area contributed by atoms with E-state index in [0.29, 0.717) is 17.1 Å². The summed E-state index contributed by atoms with van der Waals surface area (Å²) in [6.07, 6.45) is 2.71. The van der Waals surface area contributed by atoms with E-state index in [1.807, 2.05) is 0 Å². The van der Waals surface area contributed by atoms with Gasteiger partial charge in [0.1, 0.15) is 6.04 Å². The van der Waals surface area contributed by atoms with E-state index < -0.39 is 32.0 Å². The van der Waals surface area contributed by atoms with Crippen LogP contribution in [0.15, 0.2) is 71.8 Å². The van der Waals surface area contributed by atoms with Gasteiger partial charge in [-0.1, -0.05) is 25.1 Å². The number of nitrogens with zero attached hydrogens (tertiary/aromatic N) is 3. The van der Waals surface area contributed by atoms with Crippen LogP contribution < -0.4 is 14.3 Å². The lowest BCUT2D eigenvalue weighted by Gasteiger charge is -2.30. The molecule has 0 aliphatic carbocycles. The number of hydrogen-bond acceptors (Lipinski definition) is 7. The second-order valence-corrected chi connectivity index (χ2v) is 11.0. The van der Waals surface area contributed by atoms with Crippen LogP contribution in [0.5, 0.6) is 0 Å². The lowest BCUT2D eigenvalue weighted by molar-refractivity contribution is -0.117. The highest BCUT2D eigenvalue weighted by atomic mass is 32.2. The maximum atomic E-state index is 13.0. The number of carbonyl (C=O) groups excluding carboxylic acids is 1. The Morgan fingerprint density at radius 2 is 1.65 bits per heavy atom. The van der Waals surface area contributed by atoms with Crippen molar-refractivity contribution in [2.75, 3.05) is 20.6 Å². The van der Waals surface area contributed by atoms with Gasteiger partial charge in [0.05, 0.1) is 16.8 Å². The molecule has 3 aromatic rings. The molecule has 3 rings (SSSR count). The predicted molar refractivity (Wildman–Crippen MR) is 130 cm³/mol. The second kappa shape index (κ2) is 10.2. The zero-order chi connectivity index (χ0) is 24.9. The number of benzene rings is 2. The summed E-state index contributed by atoms with van der Waals surface area (Å²) >= 11 is 0. The monoisotopic (exact) mass is 503 g/mol. The minimum absolute atomic E-state index is 0.0510. The summed E-state index contributed by atoms with van der Waals surface area (Å²) in [7, 11) is -7.69. The molecule has 1 unspecified atom stereocenters. The summed E-state index contributed by atoms with van der Waals surface area (Å²) in [5, 5.41) is 2.67. The van der Waals surface area contributed by atoms with Crippen LogP contribution in [0.25, 0.3) is 0 Å². The number of nitrogens with one attached hydrogen (secondary N) is 2. The van der Waals surface area contributed by atoms with Gasteiger partial charge in [0.15, 0.2) is 0 Å². The Balaban J connectivity index is 1.79. The molecule has 0 aliphatic heterocycles. The van der Waals surface area contributed by atoms with Gasteiger partial charge < -0.3 is 5.32 Å². The van der Waals surface area contributed by atoms with Gasteiger partial charge in [-0.25, -0.2) is 31.5 Å². The van der Waals surface area contributed by atoms with Crippen molar-refractivity contribution in [2.45, 2.75) is 31.2 Å². The van der Waals surface area contributed by atoms with Crippen molar-refractivity contribution in [3.8, 4) is 0 Å². The normalized spacial score (nSPS) is 12.6. The van der Waals surface area contributed by atoms with Gasteiger partial charge in [-0.3, -0.25) is 9.10 Å². The molecule has 12 heteroatoms. The quantitative estimate of drug-likeness (QED) is 0.458. The third kappa shape index (κ3) is 6.08. The van der Waals surface area contributed by atoms with Gasteiger partial charge in [-0.15, -0.1) is 0 Å². The molecule has 180 valence electrons. The minimum atomic E-state index is -3.94. The van der Waals surface area contributed by atoms with Crippen molar-refractivity contribution < 1.29 is 21.6 Å². The van der Waals surface area contributed by atoms with E-state index in [1.165, 1.54) is 30.5 Å². The first-order chi connectivity index (χ1) is 16.0. The third-order valence-electron chi connectivity index (χ3n) is 4.79. The number of aromatic nitrogens is 2. The summed E-state index contributed by atoms with van der Waals surface area (Å²) < 4.78 is 53.5. The number of carbonyl (C=O) groups is 1. The predicted octanol–water partition coefficient (Wildman–Crippen LogP) is 2.77. The first-order valence-electron chi connectivity index (χ1n) is 10.3. The van der Waals surface area contributed by atoms with E-state index in [4.69, 9.17) is 0 Å². The van der Waals surface area contributed by atoms with E-state index in [2.05, 4.69) is 20.0 Å². The van der Waals surface area contributed by atoms with Gasteiger partial charge >= 0.3 is 0 Å². The molecule has 0 saturated heterocycles. The number of aryl methyl sites for hydroxylation is 1. The lowest BCUT2D eigenvalue weighted by atomic mass is 10.2. The molecular weight excluding hydrogens is 478 g/mol. The van der Waals surface area contributed by atoms with Crippen molar-refractivity contribution in [3.63, 3.8) is 0 Å². The van der Waals surface area contributed by atoms with Gasteiger partial charge in [0.25, 0.3) is 10.0 Å². The summed E-state index contributed by atoms with van der Waals surface area (Å²) in [6.45, 7) is 3.42. The van der Waals surface area contributed by atoms with Crippen LogP contribution >= 0.6 is 0 Å². The van der Waals surface area contributed by atoms with Gasteiger partial charge in [-0.05, 0) is 55.8 Å². The summed E-state index contributed by atoms with van der Waals surface area (Å²) in [4.78, 5) is 20.8. The van der Waals surface area contributed by atoms with E-state index in [9.17, 15) is 21.6 Å². The SMILES string of the molecule is CCC(C(=O)Nc1ccc(S(=O)(=O)Nc2nccc(C)n2)cc1)N(c1ccccc1)S(C)(=O)=O. The van der Waals surface area contributed by atoms with Gasteiger partial charge in [-0.2, -0.15) is 0 Å². The Bertz CT molecular complexity index is 1360. The van der Waals surface area contributed by atoms with E-state index in [1.54, 1.807) is 50.2 Å². The molecular formula is C22H25N5O5S2. The van der Waals surface area contributed by atoms with Crippen LogP contribution in [0.1, 0.15) is 19.0 Å². The number of anilines is 3. The average Bonchev–Trinajstić information content (AvgIpc) is 2.77. The molecule has 1 aromatic heterocycles. The van der Waals surface area contributed by atoms with Crippen LogP contribution in [0.2, 0.25) is 0 Å². The molecule has 2 N–H and O–H groups in total. The molecule has 0 fully saturated rings. The summed E-state index contributed by atoms with van der Waals surface area (Å²) in [5.74, 6) is -0.594. The number of sulfonamides is 2. The Hall–Kier alpha value is -3.51. The molecule has 34 heavy (non-hydrogen) atoms. The molecule has 2 aromatic carbocycles. The van der Waals surface area contributed by atoms with Crippen LogP contribution in [0, 0.1) is 6.92 Å². The molecule has 1 atom stereocenters. The van der Waals surface area contributed by atoms with Gasteiger partial charge in [0.2, 0.25) is 21.9 Å². The number of para-hydroxylation sites is 1. The largest absolute Gasteiger partial charge is 0.324 e. The fourth-order valence-electron chi connectivity index (χ4n) is 3.26. The average molecular weight is 504 g/mol. The third-order valence-corrected chi connectivity index (χ3v) is 7.32. The fraction of sp³-hybridized carbons (Fsp3) is 0.227. The highest BCUT2D eigenvalue weighted by Crippen LogP contribution is 2.23. The summed E-state index contributed by atoms with van der Waals surface area (Å²) in [5.41, 5.74) is 1.29. The molecule has 0 aliphatic rings. The Labute approximate surface area is 199 Å². The summed E-state index contributed by atoms with van der Waals surface area (Å²) in [6, 6.07) is 14.5. The molecule has 0 saturated carbocycles. The standard InChI is InChI=1S/C22H25N5O5S2/c1-4-20(27(33(3,29)30)18-8-6-5-7-9-18)21(28)25-17-10-12-19(13-11-17)34(31,32)26-22-23-15-14-16(2)24-22/h5-15,20H,4H2,1-3H3,(H,25,28)(H,23,24,26). The highest BCUT2D eigenvalue weighted by molar-refractivity contribution is 7.92. The Morgan fingerprint density at radius 3 is 2.21 bits per heavy atom. The van der Waals surface area contributed by atoms with E-state index >= 15 is 0 Å². The first kappa shape index (κ1) is 25.1. The van der Waals surface area contributed by atoms with Crippen LogP contribution in [0.3, 0.4) is 0 Å². The zero-order valence-corrected chi connectivity index (χ0v) is 20.5. The van der Waals surface area contributed by atoms with Crippen LogP contribution in [-0.4, -0.2) is 45.0 Å². The van der Waals surface area contributed by atoms with Crippen molar-refractivity contribution in [1.82, 2.24) is 9.97 Å². The van der Waals surface area contributed by atoms with E-state index in [0.717, 1.165) is 10.6 Å². The Morgan fingerprint density at radius 1 is 1.00 bits per heavy atom. The van der Waals surface area contributed by atoms with E-state index in [-0.39, 0.29) is 17.3 Å². The molecule has 10 nitrogen and oxygen atoms in total. The minimum Gasteiger partial charge on any atom is -0.324 e. The first-order valence-corrected chi connectivity index (χ1v) is 13.6. The smallest absolute Gasteiger partial charge is 0.264 e. The molecule has 1 amide bonds. The molecule has 1 heterocycles. The van der Waals surface area contributed by atoms with Crippen molar-refractivity contribution >= 4 is 43.3 Å². The maximum Gasteiger partial charge on any atom is 0.264 e. The van der Waals surface area contributed by atoms with Gasteiger partial charge in [0, 0.05) is 17.6 Å². The van der Waals surface area contributed by atoms with Crippen molar-refractivity contribution in [1.29, 1.82) is 0 Å². The van der Waals surface area contributed by atoms with Crippen LogP contribution in [0.4, 0.5) is 17.3 Å². The van der Waals surface area contributed by atoms with Crippen molar-refractivity contribution in [2.24, 2.45) is 0 Å². The van der Waals surface area contributed by atoms with Crippen molar-refractivity contribution in [3.05, 3.63) is 72.6 Å². The maximum absolute atomic E-state index is 13.0. The molecule has 0 radical (unpaired) electrons.